The summed E-state index contributed by atoms with van der Waals surface area (Å²) in [6.45, 7) is 5.99. The van der Waals surface area contributed by atoms with Crippen LogP contribution in [0.4, 0.5) is 0 Å². The van der Waals surface area contributed by atoms with Crippen molar-refractivity contribution in [2.75, 3.05) is 26.5 Å². The van der Waals surface area contributed by atoms with Crippen molar-refractivity contribution in [1.82, 2.24) is 14.9 Å². The van der Waals surface area contributed by atoms with Crippen LogP contribution in [-0.2, 0) is 11.3 Å². The molecule has 0 spiro atoms. The van der Waals surface area contributed by atoms with E-state index in [0.29, 0.717) is 6.42 Å². The molecule has 36 heavy (non-hydrogen) atoms. The molecule has 0 aliphatic carbocycles. The van der Waals surface area contributed by atoms with Crippen LogP contribution in [0.25, 0.3) is 22.5 Å². The summed E-state index contributed by atoms with van der Waals surface area (Å²) in [7, 11) is 3.35. The average molecular weight is 510 g/mol. The van der Waals surface area contributed by atoms with Gasteiger partial charge < -0.3 is 19.4 Å². The number of imidazole rings is 1. The molecule has 0 aliphatic heterocycles. The van der Waals surface area contributed by atoms with E-state index < -0.39 is 0 Å². The largest absolute Gasteiger partial charge is 0.497 e. The van der Waals surface area contributed by atoms with Crippen LogP contribution in [-0.4, -0.2) is 42.0 Å². The fraction of sp³-hybridized carbons (Fsp3) is 0.448. The van der Waals surface area contributed by atoms with E-state index in [1.54, 1.807) is 26.0 Å². The third-order valence-corrected chi connectivity index (χ3v) is 7.05. The Bertz CT molecular complexity index is 1080. The van der Waals surface area contributed by atoms with E-state index >= 15 is 0 Å². The van der Waals surface area contributed by atoms with E-state index in [9.17, 15) is 4.79 Å². The summed E-state index contributed by atoms with van der Waals surface area (Å²) >= 11 is 1.72. The number of ether oxygens (including phenoxy) is 2. The molecule has 1 N–H and O–H groups in total. The molecule has 0 bridgehead atoms. The van der Waals surface area contributed by atoms with Crippen molar-refractivity contribution in [3.05, 3.63) is 48.5 Å². The minimum atomic E-state index is 0.140. The van der Waals surface area contributed by atoms with Crippen molar-refractivity contribution >= 4 is 17.7 Å². The maximum absolute atomic E-state index is 12.2. The number of nitrogens with zero attached hydrogens (tertiary/aromatic N) is 2. The predicted molar refractivity (Wildman–Crippen MR) is 149 cm³/mol. The number of unbranched alkanes of at least 4 members (excludes halogenated alkanes) is 2. The van der Waals surface area contributed by atoms with Crippen LogP contribution in [0.3, 0.4) is 0 Å². The second kappa shape index (κ2) is 14.6. The molecule has 0 fully saturated rings. The van der Waals surface area contributed by atoms with Gasteiger partial charge in [-0.25, -0.2) is 4.98 Å². The van der Waals surface area contributed by atoms with Crippen molar-refractivity contribution in [2.45, 2.75) is 64.1 Å². The number of rotatable bonds is 15. The zero-order chi connectivity index (χ0) is 25.8. The number of thioether (sulfide) groups is 1. The number of benzene rings is 2. The van der Waals surface area contributed by atoms with Crippen LogP contribution in [0.15, 0.2) is 53.7 Å². The number of nitrogens with one attached hydrogen (secondary N) is 1. The average Bonchev–Trinajstić information content (AvgIpc) is 3.27. The highest BCUT2D eigenvalue weighted by Gasteiger charge is 2.20. The molecule has 0 saturated heterocycles. The van der Waals surface area contributed by atoms with Gasteiger partial charge in [-0.1, -0.05) is 38.5 Å². The Labute approximate surface area is 219 Å². The number of methoxy groups -OCH3 is 2. The van der Waals surface area contributed by atoms with Crippen LogP contribution in [0.2, 0.25) is 0 Å². The number of carbonyl (C=O) groups is 1. The van der Waals surface area contributed by atoms with E-state index in [0.717, 1.165) is 90.1 Å². The molecule has 1 heterocycles. The second-order valence-electron chi connectivity index (χ2n) is 8.71. The Morgan fingerprint density at radius 1 is 0.889 bits per heavy atom. The predicted octanol–water partition coefficient (Wildman–Crippen LogP) is 6.82. The molecule has 194 valence electrons. The summed E-state index contributed by atoms with van der Waals surface area (Å²) in [4.78, 5) is 17.3. The van der Waals surface area contributed by atoms with Crippen LogP contribution < -0.4 is 14.8 Å². The summed E-state index contributed by atoms with van der Waals surface area (Å²) in [5.41, 5.74) is 4.19. The lowest BCUT2D eigenvalue weighted by molar-refractivity contribution is -0.121. The van der Waals surface area contributed by atoms with Crippen LogP contribution in [0.1, 0.15) is 52.4 Å². The summed E-state index contributed by atoms with van der Waals surface area (Å²) in [5.74, 6) is 2.63. The maximum atomic E-state index is 12.2. The van der Waals surface area contributed by atoms with Gasteiger partial charge >= 0.3 is 0 Å². The molecular weight excluding hydrogens is 470 g/mol. The van der Waals surface area contributed by atoms with Gasteiger partial charge in [0.15, 0.2) is 5.16 Å². The van der Waals surface area contributed by atoms with Crippen molar-refractivity contribution in [3.8, 4) is 34.0 Å². The van der Waals surface area contributed by atoms with Crippen molar-refractivity contribution in [3.63, 3.8) is 0 Å². The van der Waals surface area contributed by atoms with Crippen molar-refractivity contribution in [1.29, 1.82) is 0 Å². The van der Waals surface area contributed by atoms with E-state index in [1.807, 2.05) is 24.3 Å². The highest BCUT2D eigenvalue weighted by molar-refractivity contribution is 7.99. The van der Waals surface area contributed by atoms with E-state index in [2.05, 4.69) is 48.0 Å². The first-order valence-electron chi connectivity index (χ1n) is 12.9. The van der Waals surface area contributed by atoms with Gasteiger partial charge in [0.05, 0.1) is 25.6 Å². The summed E-state index contributed by atoms with van der Waals surface area (Å²) in [6.07, 6.45) is 5.73. The smallest absolute Gasteiger partial charge is 0.220 e. The van der Waals surface area contributed by atoms with Gasteiger partial charge in [0.1, 0.15) is 11.5 Å². The fourth-order valence-corrected chi connectivity index (χ4v) is 5.02. The van der Waals surface area contributed by atoms with E-state index in [4.69, 9.17) is 14.5 Å². The topological polar surface area (TPSA) is 65.4 Å². The molecule has 6 nitrogen and oxygen atoms in total. The fourth-order valence-electron chi connectivity index (χ4n) is 4.05. The summed E-state index contributed by atoms with van der Waals surface area (Å²) in [5, 5.41) is 4.02. The van der Waals surface area contributed by atoms with Gasteiger partial charge in [-0.15, -0.1) is 0 Å². The molecule has 0 atom stereocenters. The Kier molecular flexibility index (Phi) is 11.2. The van der Waals surface area contributed by atoms with E-state index in [-0.39, 0.29) is 5.91 Å². The molecule has 0 aliphatic rings. The minimum Gasteiger partial charge on any atom is -0.497 e. The molecule has 1 aromatic heterocycles. The lowest BCUT2D eigenvalue weighted by atomic mass is 10.0. The first-order valence-corrected chi connectivity index (χ1v) is 13.9. The third kappa shape index (κ3) is 7.53. The van der Waals surface area contributed by atoms with Crippen molar-refractivity contribution in [2.24, 2.45) is 0 Å². The number of hydrogen-bond donors (Lipinski definition) is 1. The lowest BCUT2D eigenvalue weighted by Gasteiger charge is -2.13. The van der Waals surface area contributed by atoms with Gasteiger partial charge in [0.25, 0.3) is 0 Å². The van der Waals surface area contributed by atoms with Crippen LogP contribution in [0, 0.1) is 0 Å². The molecule has 0 radical (unpaired) electrons. The zero-order valence-electron chi connectivity index (χ0n) is 22.0. The molecule has 3 rings (SSSR count). The molecule has 0 unspecified atom stereocenters. The molecular formula is C29H39N3O3S. The Hall–Kier alpha value is -2.93. The first-order chi connectivity index (χ1) is 17.6. The molecule has 7 heteroatoms. The Morgan fingerprint density at radius 3 is 2.11 bits per heavy atom. The van der Waals surface area contributed by atoms with Gasteiger partial charge in [-0.3, -0.25) is 4.79 Å². The molecule has 0 saturated carbocycles. The normalized spacial score (nSPS) is 10.9. The van der Waals surface area contributed by atoms with E-state index in [1.165, 1.54) is 0 Å². The van der Waals surface area contributed by atoms with Gasteiger partial charge in [0, 0.05) is 36.4 Å². The number of aromatic nitrogens is 2. The third-order valence-electron chi connectivity index (χ3n) is 5.99. The highest BCUT2D eigenvalue weighted by atomic mass is 32.2. The Balaban J connectivity index is 1.83. The quantitative estimate of drug-likeness (QED) is 0.180. The number of amides is 1. The maximum Gasteiger partial charge on any atom is 0.220 e. The van der Waals surface area contributed by atoms with Crippen molar-refractivity contribution < 1.29 is 14.3 Å². The molecule has 1 amide bonds. The number of carbonyl (C=O) groups excluding carboxylic acids is 1. The van der Waals surface area contributed by atoms with Crippen LogP contribution in [0.5, 0.6) is 11.5 Å². The molecule has 2 aromatic carbocycles. The molecule has 3 aromatic rings. The first kappa shape index (κ1) is 27.7. The van der Waals surface area contributed by atoms with Gasteiger partial charge in [0.2, 0.25) is 5.91 Å². The van der Waals surface area contributed by atoms with Crippen LogP contribution >= 0.6 is 11.8 Å². The zero-order valence-corrected chi connectivity index (χ0v) is 22.8. The van der Waals surface area contributed by atoms with Gasteiger partial charge in [-0.2, -0.15) is 0 Å². The minimum absolute atomic E-state index is 0.140. The monoisotopic (exact) mass is 509 g/mol. The summed E-state index contributed by atoms with van der Waals surface area (Å²) in [6, 6.07) is 16.2. The lowest BCUT2D eigenvalue weighted by Crippen LogP contribution is -2.24. The standard InChI is InChI=1S/C29H39N3O3S/c1-5-7-8-19-30-26(33)10-9-21-36-29-31-27(22-11-15-24(34-3)16-12-22)28(32(29)20-6-2)23-13-17-25(35-4)18-14-23/h11-18H,5-10,19-21H2,1-4H3,(H,30,33). The Morgan fingerprint density at radius 2 is 1.53 bits per heavy atom. The van der Waals surface area contributed by atoms with Gasteiger partial charge in [-0.05, 0) is 67.8 Å². The highest BCUT2D eigenvalue weighted by Crippen LogP contribution is 2.37. The second-order valence-corrected chi connectivity index (χ2v) is 9.77. The SMILES string of the molecule is CCCCCNC(=O)CCCSc1nc(-c2ccc(OC)cc2)c(-c2ccc(OC)cc2)n1CCC. The number of hydrogen-bond acceptors (Lipinski definition) is 5. The summed E-state index contributed by atoms with van der Waals surface area (Å²) < 4.78 is 13.1.